The Bertz CT molecular complexity index is 222. The summed E-state index contributed by atoms with van der Waals surface area (Å²) < 4.78 is 0. The number of aldehydes is 1. The highest BCUT2D eigenvalue weighted by Gasteiger charge is 1.94. The van der Waals surface area contributed by atoms with Crippen molar-refractivity contribution in [3.63, 3.8) is 0 Å². The van der Waals surface area contributed by atoms with Crippen LogP contribution in [-0.4, -0.2) is 6.29 Å². The van der Waals surface area contributed by atoms with Gasteiger partial charge in [-0.2, -0.15) is 5.26 Å². The van der Waals surface area contributed by atoms with E-state index < -0.39 is 0 Å². The first-order chi connectivity index (χ1) is 4.76. The van der Waals surface area contributed by atoms with Gasteiger partial charge in [-0.1, -0.05) is 0 Å². The number of hydrogen-bond acceptors (Lipinski definition) is 4. The molecular weight excluding hydrogens is 130 g/mol. The number of allylic oxidation sites excluding steroid dienone is 3. The lowest BCUT2D eigenvalue weighted by molar-refractivity contribution is -0.104. The van der Waals surface area contributed by atoms with Crippen LogP contribution in [0.5, 0.6) is 0 Å². The SMILES string of the molecule is N#C/C(N)=C(C=O)/C=C\N. The summed E-state index contributed by atoms with van der Waals surface area (Å²) in [6.07, 6.45) is 2.89. The van der Waals surface area contributed by atoms with E-state index in [0.717, 1.165) is 6.20 Å². The molecular formula is C6H7N3O. The molecule has 0 heterocycles. The molecule has 0 aliphatic rings. The minimum Gasteiger partial charge on any atom is -0.405 e. The predicted molar refractivity (Wildman–Crippen MR) is 36.2 cm³/mol. The first-order valence-corrected chi connectivity index (χ1v) is 2.49. The molecule has 0 unspecified atom stereocenters. The van der Waals surface area contributed by atoms with Gasteiger partial charge < -0.3 is 11.5 Å². The monoisotopic (exact) mass is 137 g/mol. The van der Waals surface area contributed by atoms with E-state index in [1.165, 1.54) is 6.08 Å². The molecule has 0 aromatic rings. The highest BCUT2D eigenvalue weighted by Crippen LogP contribution is 1.94. The Labute approximate surface area is 58.4 Å². The van der Waals surface area contributed by atoms with Crippen LogP contribution in [0.25, 0.3) is 0 Å². The maximum Gasteiger partial charge on any atom is 0.152 e. The molecule has 10 heavy (non-hydrogen) atoms. The van der Waals surface area contributed by atoms with Crippen molar-refractivity contribution in [2.75, 3.05) is 0 Å². The molecule has 52 valence electrons. The third kappa shape index (κ3) is 2.01. The van der Waals surface area contributed by atoms with Gasteiger partial charge in [0.1, 0.15) is 11.8 Å². The summed E-state index contributed by atoms with van der Waals surface area (Å²) >= 11 is 0. The number of carbonyl (C=O) groups is 1. The Hall–Kier alpha value is -1.76. The predicted octanol–water partition coefficient (Wildman–Crippen LogP) is -0.606. The Kier molecular flexibility index (Phi) is 3.42. The Morgan fingerprint density at radius 3 is 2.50 bits per heavy atom. The van der Waals surface area contributed by atoms with E-state index >= 15 is 0 Å². The molecule has 0 bridgehead atoms. The second-order valence-corrected chi connectivity index (χ2v) is 1.46. The van der Waals surface area contributed by atoms with E-state index in [1.54, 1.807) is 6.07 Å². The van der Waals surface area contributed by atoms with Crippen molar-refractivity contribution in [3.05, 3.63) is 23.5 Å². The van der Waals surface area contributed by atoms with E-state index in [4.69, 9.17) is 16.7 Å². The maximum atomic E-state index is 10.1. The molecule has 0 atom stereocenters. The van der Waals surface area contributed by atoms with Crippen molar-refractivity contribution in [2.24, 2.45) is 11.5 Å². The highest BCUT2D eigenvalue weighted by atomic mass is 16.1. The van der Waals surface area contributed by atoms with Crippen molar-refractivity contribution in [1.29, 1.82) is 5.26 Å². The number of hydrogen-bond donors (Lipinski definition) is 2. The van der Waals surface area contributed by atoms with Crippen LogP contribution in [0.15, 0.2) is 23.5 Å². The van der Waals surface area contributed by atoms with Gasteiger partial charge >= 0.3 is 0 Å². The molecule has 0 aromatic carbocycles. The molecule has 4 heteroatoms. The van der Waals surface area contributed by atoms with E-state index in [0.29, 0.717) is 6.29 Å². The molecule has 0 rings (SSSR count). The van der Waals surface area contributed by atoms with Gasteiger partial charge in [0.15, 0.2) is 6.29 Å². The van der Waals surface area contributed by atoms with E-state index in [9.17, 15) is 4.79 Å². The standard InChI is InChI=1S/C6H7N3O/c7-2-1-5(4-10)6(9)3-8/h1-2,4H,7,9H2/b2-1-,6-5+. The number of nitrogens with two attached hydrogens (primary N) is 2. The van der Waals surface area contributed by atoms with Crippen LogP contribution < -0.4 is 11.5 Å². The van der Waals surface area contributed by atoms with E-state index in [1.807, 2.05) is 0 Å². The van der Waals surface area contributed by atoms with Crippen LogP contribution in [-0.2, 0) is 4.79 Å². The summed E-state index contributed by atoms with van der Waals surface area (Å²) in [5.74, 6) is 0. The third-order valence-corrected chi connectivity index (χ3v) is 0.834. The van der Waals surface area contributed by atoms with Crippen molar-refractivity contribution < 1.29 is 4.79 Å². The second-order valence-electron chi connectivity index (χ2n) is 1.46. The molecule has 0 saturated carbocycles. The first-order valence-electron chi connectivity index (χ1n) is 2.49. The molecule has 0 aliphatic heterocycles. The van der Waals surface area contributed by atoms with Crippen LogP contribution in [0.1, 0.15) is 0 Å². The normalized spacial score (nSPS) is 12.3. The smallest absolute Gasteiger partial charge is 0.152 e. The van der Waals surface area contributed by atoms with Gasteiger partial charge in [-0.25, -0.2) is 0 Å². The molecule has 0 aromatic heterocycles. The molecule has 0 fully saturated rings. The number of rotatable bonds is 2. The fourth-order valence-corrected chi connectivity index (χ4v) is 0.361. The minimum atomic E-state index is -0.128. The van der Waals surface area contributed by atoms with Gasteiger partial charge in [-0.3, -0.25) is 4.79 Å². The van der Waals surface area contributed by atoms with Crippen molar-refractivity contribution in [1.82, 2.24) is 0 Å². The van der Waals surface area contributed by atoms with Crippen molar-refractivity contribution in [2.45, 2.75) is 0 Å². The van der Waals surface area contributed by atoms with Gasteiger partial charge in [0.2, 0.25) is 0 Å². The topological polar surface area (TPSA) is 92.9 Å². The fourth-order valence-electron chi connectivity index (χ4n) is 0.361. The van der Waals surface area contributed by atoms with Crippen LogP contribution in [0, 0.1) is 11.3 Å². The molecule has 0 spiro atoms. The lowest BCUT2D eigenvalue weighted by atomic mass is 10.2. The number of carbonyl (C=O) groups excluding carboxylic acids is 1. The first kappa shape index (κ1) is 8.24. The lowest BCUT2D eigenvalue weighted by Crippen LogP contribution is -1.99. The van der Waals surface area contributed by atoms with Crippen LogP contribution >= 0.6 is 0 Å². The second kappa shape index (κ2) is 4.15. The van der Waals surface area contributed by atoms with Gasteiger partial charge in [-0.15, -0.1) is 0 Å². The number of nitriles is 1. The average molecular weight is 137 g/mol. The zero-order valence-corrected chi connectivity index (χ0v) is 5.24. The Morgan fingerprint density at radius 1 is 1.60 bits per heavy atom. The van der Waals surface area contributed by atoms with Crippen LogP contribution in [0.3, 0.4) is 0 Å². The highest BCUT2D eigenvalue weighted by molar-refractivity contribution is 5.79. The minimum absolute atomic E-state index is 0.102. The van der Waals surface area contributed by atoms with Crippen LogP contribution in [0.4, 0.5) is 0 Å². The molecule has 0 aliphatic carbocycles. The summed E-state index contributed by atoms with van der Waals surface area (Å²) in [6, 6.07) is 1.62. The lowest BCUT2D eigenvalue weighted by Gasteiger charge is -1.88. The molecule has 0 saturated heterocycles. The molecule has 4 N–H and O–H groups in total. The van der Waals surface area contributed by atoms with E-state index in [-0.39, 0.29) is 11.3 Å². The van der Waals surface area contributed by atoms with Crippen LogP contribution in [0.2, 0.25) is 0 Å². The molecule has 4 nitrogen and oxygen atoms in total. The van der Waals surface area contributed by atoms with Crippen molar-refractivity contribution >= 4 is 6.29 Å². The summed E-state index contributed by atoms with van der Waals surface area (Å²) in [5.41, 5.74) is 10.0. The average Bonchev–Trinajstić information content (AvgIpc) is 1.99. The van der Waals surface area contributed by atoms with Gasteiger partial charge in [0.05, 0.1) is 0 Å². The third-order valence-electron chi connectivity index (χ3n) is 0.834. The van der Waals surface area contributed by atoms with Gasteiger partial charge in [0, 0.05) is 5.57 Å². The maximum absolute atomic E-state index is 10.1. The quantitative estimate of drug-likeness (QED) is 0.230. The largest absolute Gasteiger partial charge is 0.405 e. The zero-order chi connectivity index (χ0) is 7.98. The molecule has 0 amide bonds. The van der Waals surface area contributed by atoms with Gasteiger partial charge in [-0.05, 0) is 12.3 Å². The summed E-state index contributed by atoms with van der Waals surface area (Å²) in [6.45, 7) is 0. The van der Waals surface area contributed by atoms with E-state index in [2.05, 4.69) is 0 Å². The van der Waals surface area contributed by atoms with Gasteiger partial charge in [0.25, 0.3) is 0 Å². The summed E-state index contributed by atoms with van der Waals surface area (Å²) in [7, 11) is 0. The summed E-state index contributed by atoms with van der Waals surface area (Å²) in [4.78, 5) is 10.1. The van der Waals surface area contributed by atoms with Crippen molar-refractivity contribution in [3.8, 4) is 6.07 Å². The molecule has 0 radical (unpaired) electrons. The zero-order valence-electron chi connectivity index (χ0n) is 5.24. The number of nitrogens with zero attached hydrogens (tertiary/aromatic N) is 1. The summed E-state index contributed by atoms with van der Waals surface area (Å²) in [5, 5.41) is 8.20. The Balaban J connectivity index is 4.66. The fraction of sp³-hybridized carbons (Fsp3) is 0. The Morgan fingerprint density at radius 2 is 2.20 bits per heavy atom.